The molecule has 1 fully saturated rings. The van der Waals surface area contributed by atoms with Gasteiger partial charge in [-0.05, 0) is 31.6 Å². The smallest absolute Gasteiger partial charge is 0.329 e. The van der Waals surface area contributed by atoms with Crippen LogP contribution in [0.25, 0.3) is 0 Å². The molecule has 5 heteroatoms. The molecule has 0 aromatic heterocycles. The molecule has 0 heterocycles. The summed E-state index contributed by atoms with van der Waals surface area (Å²) in [6.45, 7) is 6.09. The molecule has 2 amide bonds. The van der Waals surface area contributed by atoms with E-state index in [1.54, 1.807) is 6.92 Å². The molecule has 0 spiro atoms. The second kappa shape index (κ2) is 4.72. The van der Waals surface area contributed by atoms with E-state index in [9.17, 15) is 9.59 Å². The number of rotatable bonds is 5. The molecule has 1 rings (SSSR count). The summed E-state index contributed by atoms with van der Waals surface area (Å²) < 4.78 is 0. The van der Waals surface area contributed by atoms with Crippen molar-refractivity contribution >= 4 is 12.0 Å². The molecule has 5 nitrogen and oxygen atoms in total. The minimum atomic E-state index is -1.12. The lowest BCUT2D eigenvalue weighted by atomic mass is 9.96. The lowest BCUT2D eigenvalue weighted by molar-refractivity contribution is -0.144. The number of hydrogen-bond acceptors (Lipinski definition) is 2. The number of hydrogen-bond donors (Lipinski definition) is 3. The van der Waals surface area contributed by atoms with Gasteiger partial charge < -0.3 is 15.7 Å². The fourth-order valence-electron chi connectivity index (χ4n) is 1.57. The first-order chi connectivity index (χ1) is 7.36. The van der Waals surface area contributed by atoms with Crippen molar-refractivity contribution < 1.29 is 14.7 Å². The SMILES string of the molecule is CC(C)CNC(=O)NC(C)(C(=O)O)C1CC1. The highest BCUT2D eigenvalue weighted by Gasteiger charge is 2.48. The maximum Gasteiger partial charge on any atom is 0.329 e. The number of urea groups is 1. The number of carbonyl (C=O) groups is 2. The van der Waals surface area contributed by atoms with Crippen LogP contribution in [0, 0.1) is 11.8 Å². The summed E-state index contributed by atoms with van der Waals surface area (Å²) in [4.78, 5) is 22.6. The number of carboxylic acids is 1. The molecule has 16 heavy (non-hydrogen) atoms. The first-order valence-electron chi connectivity index (χ1n) is 5.65. The summed E-state index contributed by atoms with van der Waals surface area (Å²) in [5.41, 5.74) is -1.12. The van der Waals surface area contributed by atoms with Crippen LogP contribution in [0.5, 0.6) is 0 Å². The van der Waals surface area contributed by atoms with Crippen LogP contribution < -0.4 is 10.6 Å². The van der Waals surface area contributed by atoms with Gasteiger partial charge in [-0.25, -0.2) is 9.59 Å². The third-order valence-electron chi connectivity index (χ3n) is 2.88. The largest absolute Gasteiger partial charge is 0.480 e. The highest BCUT2D eigenvalue weighted by Crippen LogP contribution is 2.39. The normalized spacial score (nSPS) is 19.0. The van der Waals surface area contributed by atoms with Gasteiger partial charge in [0.05, 0.1) is 0 Å². The lowest BCUT2D eigenvalue weighted by Gasteiger charge is -2.26. The highest BCUT2D eigenvalue weighted by atomic mass is 16.4. The van der Waals surface area contributed by atoms with Crippen molar-refractivity contribution in [1.82, 2.24) is 10.6 Å². The van der Waals surface area contributed by atoms with Crippen LogP contribution in [0.1, 0.15) is 33.6 Å². The van der Waals surface area contributed by atoms with Gasteiger partial charge in [-0.3, -0.25) is 0 Å². The molecular weight excluding hydrogens is 208 g/mol. The van der Waals surface area contributed by atoms with Gasteiger partial charge in [0.1, 0.15) is 5.54 Å². The molecular formula is C11H20N2O3. The van der Waals surface area contributed by atoms with Gasteiger partial charge >= 0.3 is 12.0 Å². The van der Waals surface area contributed by atoms with Gasteiger partial charge in [0.2, 0.25) is 0 Å². The van der Waals surface area contributed by atoms with Gasteiger partial charge in [-0.2, -0.15) is 0 Å². The second-order valence-corrected chi connectivity index (χ2v) is 5.01. The Labute approximate surface area is 95.6 Å². The number of carboxylic acid groups (broad SMARTS) is 1. The van der Waals surface area contributed by atoms with E-state index < -0.39 is 17.5 Å². The third kappa shape index (κ3) is 3.12. The molecule has 1 aliphatic carbocycles. The lowest BCUT2D eigenvalue weighted by Crippen LogP contribution is -2.57. The zero-order valence-electron chi connectivity index (χ0n) is 10.0. The summed E-state index contributed by atoms with van der Waals surface area (Å²) in [6, 6.07) is -0.398. The Morgan fingerprint density at radius 3 is 2.38 bits per heavy atom. The van der Waals surface area contributed by atoms with Crippen molar-refractivity contribution in [2.24, 2.45) is 11.8 Å². The Bertz CT molecular complexity index is 287. The van der Waals surface area contributed by atoms with E-state index in [1.165, 1.54) is 0 Å². The molecule has 1 aliphatic rings. The summed E-state index contributed by atoms with van der Waals surface area (Å²) >= 11 is 0. The van der Waals surface area contributed by atoms with Gasteiger partial charge in [0.25, 0.3) is 0 Å². The Kier molecular flexibility index (Phi) is 3.78. The number of aliphatic carboxylic acids is 1. The standard InChI is InChI=1S/C11H20N2O3/c1-7(2)6-12-10(16)13-11(3,9(14)15)8-4-5-8/h7-8H,4-6H2,1-3H3,(H,14,15)(H2,12,13,16). The zero-order chi connectivity index (χ0) is 12.3. The fourth-order valence-corrected chi connectivity index (χ4v) is 1.57. The summed E-state index contributed by atoms with van der Waals surface area (Å²) in [5.74, 6) is -0.549. The fraction of sp³-hybridized carbons (Fsp3) is 0.818. The zero-order valence-corrected chi connectivity index (χ0v) is 10.0. The Morgan fingerprint density at radius 2 is 2.00 bits per heavy atom. The van der Waals surface area contributed by atoms with Crippen molar-refractivity contribution in [3.8, 4) is 0 Å². The minimum absolute atomic E-state index is 0.0646. The van der Waals surface area contributed by atoms with Crippen LogP contribution >= 0.6 is 0 Å². The third-order valence-corrected chi connectivity index (χ3v) is 2.88. The van der Waals surface area contributed by atoms with E-state index in [2.05, 4.69) is 10.6 Å². The molecule has 0 aromatic rings. The summed E-state index contributed by atoms with van der Waals surface area (Å²) in [5, 5.41) is 14.3. The first-order valence-corrected chi connectivity index (χ1v) is 5.65. The Hall–Kier alpha value is -1.26. The monoisotopic (exact) mass is 228 g/mol. The first kappa shape index (κ1) is 12.8. The van der Waals surface area contributed by atoms with E-state index in [1.807, 2.05) is 13.8 Å². The maximum atomic E-state index is 11.5. The molecule has 92 valence electrons. The van der Waals surface area contributed by atoms with Crippen LogP contribution in [0.2, 0.25) is 0 Å². The van der Waals surface area contributed by atoms with Gasteiger partial charge in [0.15, 0.2) is 0 Å². The highest BCUT2D eigenvalue weighted by molar-refractivity contribution is 5.86. The van der Waals surface area contributed by atoms with E-state index in [0.29, 0.717) is 12.5 Å². The quantitative estimate of drug-likeness (QED) is 0.661. The average Bonchev–Trinajstić information content (AvgIpc) is 2.97. The van der Waals surface area contributed by atoms with Crippen molar-refractivity contribution in [3.05, 3.63) is 0 Å². The summed E-state index contributed by atoms with van der Waals surface area (Å²) in [7, 11) is 0. The number of nitrogens with one attached hydrogen (secondary N) is 2. The van der Waals surface area contributed by atoms with Gasteiger partial charge in [-0.1, -0.05) is 13.8 Å². The van der Waals surface area contributed by atoms with E-state index in [0.717, 1.165) is 12.8 Å². The van der Waals surface area contributed by atoms with Crippen molar-refractivity contribution in [2.75, 3.05) is 6.54 Å². The number of carbonyl (C=O) groups excluding carboxylic acids is 1. The topological polar surface area (TPSA) is 78.4 Å². The van der Waals surface area contributed by atoms with Crippen molar-refractivity contribution in [3.63, 3.8) is 0 Å². The Balaban J connectivity index is 2.49. The van der Waals surface area contributed by atoms with Crippen LogP contribution in [0.3, 0.4) is 0 Å². The van der Waals surface area contributed by atoms with Gasteiger partial charge in [-0.15, -0.1) is 0 Å². The molecule has 0 radical (unpaired) electrons. The van der Waals surface area contributed by atoms with Crippen molar-refractivity contribution in [2.45, 2.75) is 39.2 Å². The van der Waals surface area contributed by atoms with Crippen LogP contribution in [-0.4, -0.2) is 29.2 Å². The van der Waals surface area contributed by atoms with E-state index in [4.69, 9.17) is 5.11 Å². The molecule has 3 N–H and O–H groups in total. The molecule has 0 aromatic carbocycles. The Morgan fingerprint density at radius 1 is 1.44 bits per heavy atom. The molecule has 1 unspecified atom stereocenters. The molecule has 0 bridgehead atoms. The molecule has 1 atom stereocenters. The molecule has 0 saturated heterocycles. The van der Waals surface area contributed by atoms with Gasteiger partial charge in [0, 0.05) is 6.54 Å². The number of amides is 2. The predicted octanol–water partition coefficient (Wildman–Crippen LogP) is 1.19. The minimum Gasteiger partial charge on any atom is -0.480 e. The van der Waals surface area contributed by atoms with Crippen molar-refractivity contribution in [1.29, 1.82) is 0 Å². The van der Waals surface area contributed by atoms with E-state index in [-0.39, 0.29) is 5.92 Å². The molecule has 0 aliphatic heterocycles. The maximum absolute atomic E-state index is 11.5. The van der Waals surface area contributed by atoms with Crippen LogP contribution in [0.15, 0.2) is 0 Å². The van der Waals surface area contributed by atoms with Crippen LogP contribution in [-0.2, 0) is 4.79 Å². The molecule has 1 saturated carbocycles. The summed E-state index contributed by atoms with van der Waals surface area (Å²) in [6.07, 6.45) is 1.74. The van der Waals surface area contributed by atoms with E-state index >= 15 is 0 Å². The second-order valence-electron chi connectivity index (χ2n) is 5.01. The van der Waals surface area contributed by atoms with Crippen LogP contribution in [0.4, 0.5) is 4.79 Å². The average molecular weight is 228 g/mol. The predicted molar refractivity (Wildman–Crippen MR) is 60.1 cm³/mol.